The summed E-state index contributed by atoms with van der Waals surface area (Å²) in [7, 11) is 3.38. The highest BCUT2D eigenvalue weighted by molar-refractivity contribution is 5.94. The van der Waals surface area contributed by atoms with Gasteiger partial charge in [0.15, 0.2) is 11.5 Å². The summed E-state index contributed by atoms with van der Waals surface area (Å²) in [6.07, 6.45) is 1.63. The number of halogens is 2. The monoisotopic (exact) mass is 746 g/mol. The number of amides is 1. The van der Waals surface area contributed by atoms with Crippen LogP contribution in [0.3, 0.4) is 0 Å². The van der Waals surface area contributed by atoms with Gasteiger partial charge in [-0.05, 0) is 43.7 Å². The van der Waals surface area contributed by atoms with Crippen LogP contribution in [-0.2, 0) is 27.4 Å². The van der Waals surface area contributed by atoms with E-state index in [1.807, 2.05) is 34.6 Å². The Kier molecular flexibility index (Phi) is 8.74. The highest BCUT2D eigenvalue weighted by Gasteiger charge is 2.41. The van der Waals surface area contributed by atoms with E-state index < -0.39 is 23.8 Å². The zero-order valence-electron chi connectivity index (χ0n) is 30.3. The number of nitrogens with zero attached hydrogens (tertiary/aromatic N) is 9. The Balaban J connectivity index is 1.17. The number of nitrogens with one attached hydrogen (secondary N) is 1. The minimum absolute atomic E-state index is 0.0234. The molecule has 6 bridgehead atoms. The lowest BCUT2D eigenvalue weighted by molar-refractivity contribution is -0.132. The van der Waals surface area contributed by atoms with Gasteiger partial charge in [-0.3, -0.25) is 4.79 Å². The molecule has 9 rings (SSSR count). The van der Waals surface area contributed by atoms with Crippen molar-refractivity contribution < 1.29 is 27.8 Å². The Labute approximate surface area is 314 Å². The van der Waals surface area contributed by atoms with E-state index in [2.05, 4.69) is 27.2 Å². The van der Waals surface area contributed by atoms with Crippen molar-refractivity contribution in [1.82, 2.24) is 39.2 Å². The van der Waals surface area contributed by atoms with Gasteiger partial charge in [0, 0.05) is 51.0 Å². The van der Waals surface area contributed by atoms with Gasteiger partial charge in [0.2, 0.25) is 5.91 Å². The van der Waals surface area contributed by atoms with Gasteiger partial charge in [0.1, 0.15) is 66.4 Å². The SMILES string of the molecule is CO[C@H]1CN(C)C(=O)[C@@H]2C[C@@H](CN2c2nc3nc4c2cnn4-c2ccc(F)cc2OCC#CCOC3)Nc2cccc(n2)-c2cc(F)cc3nc(C)n(c23)C1. The van der Waals surface area contributed by atoms with Crippen LogP contribution in [0.2, 0.25) is 0 Å². The predicted molar refractivity (Wildman–Crippen MR) is 199 cm³/mol. The number of hydrogen-bond acceptors (Lipinski definition) is 11. The standard InChI is InChI=1S/C39H36F2N10O4/c1-22-43-30-14-24(41)13-27-29-7-6-8-34(45-29)44-25-16-32(39(52)48(2)19-26(53-3)20-49(22)36(27)30)50(18-25)37-28-17-42-51-31-10-9-23(40)15-33(31)55-12-5-4-11-54-21-35(46-37)47-38(28)51/h6-10,13-15,17,25-26,32H,11-12,16,18-21H2,1-3H3,(H,44,45)/t25-,26-,32-/m0/s1. The van der Waals surface area contributed by atoms with Gasteiger partial charge in [-0.15, -0.1) is 0 Å². The first-order valence-electron chi connectivity index (χ1n) is 17.9. The van der Waals surface area contributed by atoms with Crippen molar-refractivity contribution in [1.29, 1.82) is 0 Å². The van der Waals surface area contributed by atoms with Gasteiger partial charge in [-0.2, -0.15) is 5.10 Å². The maximum atomic E-state index is 15.1. The third-order valence-electron chi connectivity index (χ3n) is 10.2. The molecule has 2 aromatic carbocycles. The number of pyridine rings is 1. The molecule has 3 aliphatic rings. The van der Waals surface area contributed by atoms with E-state index in [1.54, 1.807) is 36.0 Å². The van der Waals surface area contributed by atoms with Crippen LogP contribution in [0, 0.1) is 30.4 Å². The van der Waals surface area contributed by atoms with Crippen LogP contribution in [0.15, 0.2) is 54.7 Å². The van der Waals surface area contributed by atoms with Crippen molar-refractivity contribution in [3.05, 3.63) is 78.0 Å². The molecule has 7 heterocycles. The van der Waals surface area contributed by atoms with Crippen LogP contribution in [0.5, 0.6) is 5.75 Å². The third-order valence-corrected chi connectivity index (χ3v) is 10.2. The summed E-state index contributed by atoms with van der Waals surface area (Å²) >= 11 is 0. The zero-order valence-corrected chi connectivity index (χ0v) is 30.3. The summed E-state index contributed by atoms with van der Waals surface area (Å²) in [6, 6.07) is 11.8. The van der Waals surface area contributed by atoms with E-state index in [9.17, 15) is 9.18 Å². The maximum absolute atomic E-state index is 15.1. The molecule has 0 spiro atoms. The number of anilines is 2. The summed E-state index contributed by atoms with van der Waals surface area (Å²) in [5.41, 5.74) is 3.33. The number of carbonyl (C=O) groups excluding carboxylic acids is 1. The van der Waals surface area contributed by atoms with Crippen LogP contribution >= 0.6 is 0 Å². The smallest absolute Gasteiger partial charge is 0.245 e. The average molecular weight is 747 g/mol. The Bertz CT molecular complexity index is 2550. The van der Waals surface area contributed by atoms with E-state index in [-0.39, 0.29) is 44.1 Å². The van der Waals surface area contributed by atoms with Crippen molar-refractivity contribution in [2.24, 2.45) is 0 Å². The molecule has 16 heteroatoms. The van der Waals surface area contributed by atoms with Crippen LogP contribution in [0.25, 0.3) is 39.0 Å². The average Bonchev–Trinajstić information content (AvgIpc) is 3.87. The number of ether oxygens (including phenoxy) is 3. The maximum Gasteiger partial charge on any atom is 0.245 e. The lowest BCUT2D eigenvalue weighted by Crippen LogP contribution is -2.47. The number of imidazole rings is 1. The quantitative estimate of drug-likeness (QED) is 0.255. The van der Waals surface area contributed by atoms with E-state index in [0.29, 0.717) is 76.3 Å². The largest absolute Gasteiger partial charge is 0.479 e. The molecule has 3 aliphatic heterocycles. The summed E-state index contributed by atoms with van der Waals surface area (Å²) in [6.45, 7) is 3.04. The van der Waals surface area contributed by atoms with Gasteiger partial charge < -0.3 is 33.9 Å². The third kappa shape index (κ3) is 6.34. The number of methoxy groups -OCH3 is 1. The number of hydrogen-bond donors (Lipinski definition) is 1. The molecular formula is C39H36F2N10O4. The fourth-order valence-corrected chi connectivity index (χ4v) is 7.70. The molecule has 14 nitrogen and oxygen atoms in total. The van der Waals surface area contributed by atoms with Gasteiger partial charge in [-0.1, -0.05) is 17.9 Å². The van der Waals surface area contributed by atoms with Crippen molar-refractivity contribution in [3.8, 4) is 34.5 Å². The lowest BCUT2D eigenvalue weighted by atomic mass is 10.1. The summed E-state index contributed by atoms with van der Waals surface area (Å²) in [5.74, 6) is 7.10. The first-order chi connectivity index (χ1) is 26.7. The van der Waals surface area contributed by atoms with E-state index in [4.69, 9.17) is 29.2 Å². The van der Waals surface area contributed by atoms with Crippen LogP contribution < -0.4 is 15.0 Å². The highest BCUT2D eigenvalue weighted by atomic mass is 19.1. The molecule has 4 aromatic heterocycles. The van der Waals surface area contributed by atoms with Crippen LogP contribution in [0.4, 0.5) is 20.4 Å². The van der Waals surface area contributed by atoms with E-state index >= 15 is 4.39 Å². The second-order valence-electron chi connectivity index (χ2n) is 13.8. The molecule has 0 aliphatic carbocycles. The molecule has 0 radical (unpaired) electrons. The molecule has 1 amide bonds. The summed E-state index contributed by atoms with van der Waals surface area (Å²) in [5, 5.41) is 8.80. The minimum Gasteiger partial charge on any atom is -0.479 e. The van der Waals surface area contributed by atoms with Crippen molar-refractivity contribution in [3.63, 3.8) is 0 Å². The molecule has 1 fully saturated rings. The minimum atomic E-state index is -0.658. The van der Waals surface area contributed by atoms with Crippen LogP contribution in [-0.4, -0.2) is 104 Å². The Hall–Kier alpha value is -6.18. The first kappa shape index (κ1) is 34.6. The van der Waals surface area contributed by atoms with Gasteiger partial charge in [0.25, 0.3) is 0 Å². The lowest BCUT2D eigenvalue weighted by Gasteiger charge is -2.31. The molecular weight excluding hydrogens is 710 g/mol. The number of aromatic nitrogens is 7. The second kappa shape index (κ2) is 13.9. The number of rotatable bonds is 2. The second-order valence-corrected chi connectivity index (χ2v) is 13.8. The topological polar surface area (TPSA) is 138 Å². The number of fused-ring (bicyclic) bond motifs is 8. The number of likely N-dealkylation sites (N-methyl/N-ethyl adjacent to an activating group) is 1. The summed E-state index contributed by atoms with van der Waals surface area (Å²) < 4.78 is 50.7. The zero-order chi connectivity index (χ0) is 37.8. The Morgan fingerprint density at radius 2 is 1.85 bits per heavy atom. The van der Waals surface area contributed by atoms with Crippen molar-refractivity contribution >= 4 is 39.6 Å². The van der Waals surface area contributed by atoms with Gasteiger partial charge in [0.05, 0.1) is 41.0 Å². The van der Waals surface area contributed by atoms with Gasteiger partial charge in [-0.25, -0.2) is 33.4 Å². The molecule has 0 unspecified atom stereocenters. The Morgan fingerprint density at radius 1 is 0.982 bits per heavy atom. The molecule has 0 saturated carbocycles. The number of aryl methyl sites for hydroxylation is 1. The summed E-state index contributed by atoms with van der Waals surface area (Å²) in [4.78, 5) is 37.7. The fourth-order valence-electron chi connectivity index (χ4n) is 7.70. The number of carbonyl (C=O) groups is 1. The first-order valence-corrected chi connectivity index (χ1v) is 17.9. The van der Waals surface area contributed by atoms with Crippen molar-refractivity contribution in [2.75, 3.05) is 50.7 Å². The molecule has 3 atom stereocenters. The normalized spacial score (nSPS) is 20.0. The fraction of sp³-hybridized carbons (Fsp3) is 0.333. The van der Waals surface area contributed by atoms with Gasteiger partial charge >= 0.3 is 0 Å². The molecule has 55 heavy (non-hydrogen) atoms. The Morgan fingerprint density at radius 3 is 2.73 bits per heavy atom. The van der Waals surface area contributed by atoms with Crippen molar-refractivity contribution in [2.45, 2.75) is 44.7 Å². The molecule has 280 valence electrons. The van der Waals surface area contributed by atoms with E-state index in [0.717, 1.165) is 5.52 Å². The van der Waals surface area contributed by atoms with E-state index in [1.165, 1.54) is 24.3 Å². The molecule has 6 aromatic rings. The molecule has 1 saturated heterocycles. The highest BCUT2D eigenvalue weighted by Crippen LogP contribution is 2.36. The predicted octanol–water partition coefficient (Wildman–Crippen LogP) is 4.27. The number of benzene rings is 2. The van der Waals surface area contributed by atoms with Crippen LogP contribution in [0.1, 0.15) is 18.1 Å². The molecule has 1 N–H and O–H groups in total.